The summed E-state index contributed by atoms with van der Waals surface area (Å²) in [6.45, 7) is 0.345. The molecule has 1 amide bonds. The Hall–Kier alpha value is -2.82. The van der Waals surface area contributed by atoms with E-state index < -0.39 is 27.7 Å². The van der Waals surface area contributed by atoms with Crippen LogP contribution in [0, 0.1) is 11.7 Å². The van der Waals surface area contributed by atoms with Crippen LogP contribution in [0.25, 0.3) is 10.1 Å². The molecule has 1 aliphatic rings. The van der Waals surface area contributed by atoms with Crippen molar-refractivity contribution in [2.24, 2.45) is 5.92 Å². The molecule has 0 unspecified atom stereocenters. The first kappa shape index (κ1) is 22.4. The van der Waals surface area contributed by atoms with Crippen molar-refractivity contribution in [2.45, 2.75) is 17.7 Å². The maximum absolute atomic E-state index is 13.1. The van der Waals surface area contributed by atoms with Crippen molar-refractivity contribution < 1.29 is 27.1 Å². The Labute approximate surface area is 188 Å². The number of carbonyl (C=O) groups is 2. The Balaban J connectivity index is 1.48. The smallest absolute Gasteiger partial charge is 0.350 e. The highest BCUT2D eigenvalue weighted by molar-refractivity contribution is 7.89. The van der Waals surface area contributed by atoms with Gasteiger partial charge in [0, 0.05) is 29.1 Å². The molecule has 10 heteroatoms. The first-order chi connectivity index (χ1) is 15.3. The number of piperidine rings is 1. The molecule has 0 spiro atoms. The standard InChI is InChI=1S/C22H21FN2O5S2/c1-30-22(27)20-19(17-4-2-3-5-18(17)31-20)24-21(26)14-10-12-25(13-11-14)32(28,29)16-8-6-15(23)7-9-16/h2-9,14H,10-13H2,1H3,(H,24,26). The summed E-state index contributed by atoms with van der Waals surface area (Å²) in [5.74, 6) is -1.70. The highest BCUT2D eigenvalue weighted by Gasteiger charge is 2.33. The second-order valence-corrected chi connectivity index (χ2v) is 10.4. The molecule has 7 nitrogen and oxygen atoms in total. The van der Waals surface area contributed by atoms with E-state index in [4.69, 9.17) is 4.74 Å². The Morgan fingerprint density at radius 3 is 2.41 bits per heavy atom. The molecule has 1 aromatic heterocycles. The number of anilines is 1. The number of nitrogens with one attached hydrogen (secondary N) is 1. The van der Waals surface area contributed by atoms with Crippen molar-refractivity contribution in [2.75, 3.05) is 25.5 Å². The van der Waals surface area contributed by atoms with Crippen molar-refractivity contribution in [1.82, 2.24) is 4.31 Å². The fraction of sp³-hybridized carbons (Fsp3) is 0.273. The lowest BCUT2D eigenvalue weighted by Crippen LogP contribution is -2.41. The first-order valence-electron chi connectivity index (χ1n) is 9.97. The van der Waals surface area contributed by atoms with Gasteiger partial charge in [0.25, 0.3) is 0 Å². The first-order valence-corrected chi connectivity index (χ1v) is 12.2. The van der Waals surface area contributed by atoms with Crippen molar-refractivity contribution in [3.8, 4) is 0 Å². The van der Waals surface area contributed by atoms with Gasteiger partial charge in [-0.15, -0.1) is 11.3 Å². The van der Waals surface area contributed by atoms with Gasteiger partial charge < -0.3 is 10.1 Å². The highest BCUT2D eigenvalue weighted by Crippen LogP contribution is 2.37. The van der Waals surface area contributed by atoms with E-state index >= 15 is 0 Å². The Morgan fingerprint density at radius 1 is 1.09 bits per heavy atom. The molecule has 1 aliphatic heterocycles. The van der Waals surface area contributed by atoms with E-state index in [0.717, 1.165) is 22.2 Å². The number of amides is 1. The van der Waals surface area contributed by atoms with Crippen LogP contribution in [0.3, 0.4) is 0 Å². The zero-order valence-electron chi connectivity index (χ0n) is 17.2. The average molecular weight is 477 g/mol. The minimum absolute atomic E-state index is 0.0225. The fourth-order valence-corrected chi connectivity index (χ4v) is 6.29. The summed E-state index contributed by atoms with van der Waals surface area (Å²) in [4.78, 5) is 25.5. The number of sulfonamides is 1. The van der Waals surface area contributed by atoms with Gasteiger partial charge in [-0.2, -0.15) is 4.31 Å². The van der Waals surface area contributed by atoms with E-state index in [9.17, 15) is 22.4 Å². The monoisotopic (exact) mass is 476 g/mol. The van der Waals surface area contributed by atoms with E-state index in [0.29, 0.717) is 23.4 Å². The second-order valence-electron chi connectivity index (χ2n) is 7.42. The minimum Gasteiger partial charge on any atom is -0.465 e. The quantitative estimate of drug-likeness (QED) is 0.565. The molecule has 1 N–H and O–H groups in total. The molecular weight excluding hydrogens is 455 g/mol. The number of hydrogen-bond donors (Lipinski definition) is 1. The molecule has 2 aromatic carbocycles. The second kappa shape index (κ2) is 8.97. The van der Waals surface area contributed by atoms with Gasteiger partial charge in [-0.3, -0.25) is 4.79 Å². The molecule has 0 radical (unpaired) electrons. The third-order valence-corrected chi connectivity index (χ3v) is 8.55. The van der Waals surface area contributed by atoms with Crippen molar-refractivity contribution in [3.63, 3.8) is 0 Å². The largest absolute Gasteiger partial charge is 0.465 e. The molecular formula is C22H21FN2O5S2. The average Bonchev–Trinajstić information content (AvgIpc) is 3.17. The number of benzene rings is 2. The summed E-state index contributed by atoms with van der Waals surface area (Å²) in [5, 5.41) is 3.62. The number of hydrogen-bond acceptors (Lipinski definition) is 6. The van der Waals surface area contributed by atoms with Gasteiger partial charge in [-0.05, 0) is 43.2 Å². The minimum atomic E-state index is -3.75. The molecule has 0 aliphatic carbocycles. The van der Waals surface area contributed by atoms with Crippen LogP contribution >= 0.6 is 11.3 Å². The number of fused-ring (bicyclic) bond motifs is 1. The van der Waals surface area contributed by atoms with Gasteiger partial charge in [-0.25, -0.2) is 17.6 Å². The fourth-order valence-electron chi connectivity index (χ4n) is 3.75. The van der Waals surface area contributed by atoms with Gasteiger partial charge >= 0.3 is 5.97 Å². The number of nitrogens with zero attached hydrogens (tertiary/aromatic N) is 1. The molecule has 0 atom stereocenters. The van der Waals surface area contributed by atoms with Gasteiger partial charge in [0.15, 0.2) is 0 Å². The number of thiophene rings is 1. The molecule has 168 valence electrons. The lowest BCUT2D eigenvalue weighted by atomic mass is 9.97. The Kier molecular flexibility index (Phi) is 6.27. The van der Waals surface area contributed by atoms with Crippen LogP contribution in [0.5, 0.6) is 0 Å². The number of rotatable bonds is 5. The predicted molar refractivity (Wildman–Crippen MR) is 120 cm³/mol. The lowest BCUT2D eigenvalue weighted by Gasteiger charge is -2.30. The van der Waals surface area contributed by atoms with Gasteiger partial charge in [0.2, 0.25) is 15.9 Å². The molecule has 3 aromatic rings. The number of methoxy groups -OCH3 is 1. The number of esters is 1. The van der Waals surface area contributed by atoms with E-state index in [-0.39, 0.29) is 23.9 Å². The maximum Gasteiger partial charge on any atom is 0.350 e. The SMILES string of the molecule is COC(=O)c1sc2ccccc2c1NC(=O)C1CCN(S(=O)(=O)c2ccc(F)cc2)CC1. The van der Waals surface area contributed by atoms with Gasteiger partial charge in [-0.1, -0.05) is 18.2 Å². The van der Waals surface area contributed by atoms with E-state index in [1.165, 1.54) is 34.9 Å². The summed E-state index contributed by atoms with van der Waals surface area (Å²) >= 11 is 1.24. The molecule has 2 heterocycles. The topological polar surface area (TPSA) is 92.8 Å². The summed E-state index contributed by atoms with van der Waals surface area (Å²) in [7, 11) is -2.47. The van der Waals surface area contributed by atoms with E-state index in [2.05, 4.69) is 5.32 Å². The lowest BCUT2D eigenvalue weighted by molar-refractivity contribution is -0.120. The van der Waals surface area contributed by atoms with Crippen molar-refractivity contribution in [3.05, 3.63) is 59.2 Å². The van der Waals surface area contributed by atoms with E-state index in [1.54, 1.807) is 0 Å². The zero-order chi connectivity index (χ0) is 22.9. The zero-order valence-corrected chi connectivity index (χ0v) is 18.8. The summed E-state index contributed by atoms with van der Waals surface area (Å²) in [6.07, 6.45) is 0.670. The van der Waals surface area contributed by atoms with Gasteiger partial charge in [0.05, 0.1) is 17.7 Å². The molecule has 1 saturated heterocycles. The van der Waals surface area contributed by atoms with Crippen LogP contribution in [-0.2, 0) is 19.6 Å². The molecule has 0 saturated carbocycles. The molecule has 1 fully saturated rings. The number of halogens is 1. The Bertz CT molecular complexity index is 1260. The summed E-state index contributed by atoms with van der Waals surface area (Å²) in [5.41, 5.74) is 0.420. The normalized spacial score (nSPS) is 15.6. The van der Waals surface area contributed by atoms with Crippen LogP contribution < -0.4 is 5.32 Å². The third-order valence-electron chi connectivity index (χ3n) is 5.49. The van der Waals surface area contributed by atoms with Crippen LogP contribution in [-0.4, -0.2) is 44.8 Å². The number of ether oxygens (including phenoxy) is 1. The summed E-state index contributed by atoms with van der Waals surface area (Å²) < 4.78 is 45.7. The van der Waals surface area contributed by atoms with Crippen molar-refractivity contribution in [1.29, 1.82) is 0 Å². The molecule has 4 rings (SSSR count). The Morgan fingerprint density at radius 2 is 1.75 bits per heavy atom. The van der Waals surface area contributed by atoms with Crippen molar-refractivity contribution >= 4 is 49.0 Å². The highest BCUT2D eigenvalue weighted by atomic mass is 32.2. The predicted octanol–water partition coefficient (Wildman–Crippen LogP) is 3.87. The maximum atomic E-state index is 13.1. The number of carbonyl (C=O) groups excluding carboxylic acids is 2. The van der Waals surface area contributed by atoms with Crippen LogP contribution in [0.15, 0.2) is 53.4 Å². The van der Waals surface area contributed by atoms with Crippen LogP contribution in [0.1, 0.15) is 22.5 Å². The molecule has 0 bridgehead atoms. The molecule has 32 heavy (non-hydrogen) atoms. The third kappa shape index (κ3) is 4.25. The van der Waals surface area contributed by atoms with Crippen LogP contribution in [0.2, 0.25) is 0 Å². The van der Waals surface area contributed by atoms with Crippen LogP contribution in [0.4, 0.5) is 10.1 Å². The van der Waals surface area contributed by atoms with E-state index in [1.807, 2.05) is 24.3 Å². The van der Waals surface area contributed by atoms with Gasteiger partial charge in [0.1, 0.15) is 10.7 Å². The summed E-state index contributed by atoms with van der Waals surface area (Å²) in [6, 6.07) is 12.0.